The van der Waals surface area contributed by atoms with Crippen molar-refractivity contribution in [1.82, 2.24) is 14.4 Å². The van der Waals surface area contributed by atoms with Crippen molar-refractivity contribution in [3.05, 3.63) is 34.7 Å². The molecule has 1 aromatic heterocycles. The van der Waals surface area contributed by atoms with Crippen molar-refractivity contribution < 1.29 is 9.90 Å². The van der Waals surface area contributed by atoms with Gasteiger partial charge in [-0.15, -0.1) is 0 Å². The van der Waals surface area contributed by atoms with E-state index in [0.29, 0.717) is 6.54 Å². The topological polar surface area (TPSA) is 65.8 Å². The highest BCUT2D eigenvalue weighted by atomic mass is 16.4. The highest BCUT2D eigenvalue weighted by Crippen LogP contribution is 2.06. The number of carboxylic acid groups (broad SMARTS) is 1. The van der Waals surface area contributed by atoms with Gasteiger partial charge in [0, 0.05) is 51.5 Å². The number of nitrogens with zero attached hydrogens (tertiary/aromatic N) is 3. The smallest absolute Gasteiger partial charge is 0.320 e. The third-order valence-corrected chi connectivity index (χ3v) is 3.87. The first-order valence-electron chi connectivity index (χ1n) is 6.92. The third kappa shape index (κ3) is 3.68. The van der Waals surface area contributed by atoms with Gasteiger partial charge in [-0.1, -0.05) is 6.07 Å². The molecule has 1 aliphatic rings. The fourth-order valence-electron chi connectivity index (χ4n) is 2.42. The van der Waals surface area contributed by atoms with Crippen LogP contribution in [0.5, 0.6) is 0 Å². The van der Waals surface area contributed by atoms with Gasteiger partial charge in [0.25, 0.3) is 5.56 Å². The molecule has 20 heavy (non-hydrogen) atoms. The van der Waals surface area contributed by atoms with Crippen molar-refractivity contribution in [3.8, 4) is 0 Å². The van der Waals surface area contributed by atoms with Crippen LogP contribution in [-0.4, -0.2) is 64.2 Å². The summed E-state index contributed by atoms with van der Waals surface area (Å²) in [6.07, 6.45) is 1.80. The average molecular weight is 279 g/mol. The Morgan fingerprint density at radius 2 is 1.95 bits per heavy atom. The van der Waals surface area contributed by atoms with Gasteiger partial charge in [-0.3, -0.25) is 19.4 Å². The first-order valence-corrected chi connectivity index (χ1v) is 6.92. The summed E-state index contributed by atoms with van der Waals surface area (Å²) in [5, 5.41) is 8.99. The lowest BCUT2D eigenvalue weighted by molar-refractivity contribution is -0.143. The van der Waals surface area contributed by atoms with E-state index in [1.165, 1.54) is 0 Å². The predicted octanol–water partition coefficient (Wildman–Crippen LogP) is -0.0610. The summed E-state index contributed by atoms with van der Waals surface area (Å²) in [6.45, 7) is 6.43. The van der Waals surface area contributed by atoms with Gasteiger partial charge in [0.1, 0.15) is 6.04 Å². The van der Waals surface area contributed by atoms with Gasteiger partial charge in [-0.2, -0.15) is 0 Å². The van der Waals surface area contributed by atoms with Gasteiger partial charge in [0.15, 0.2) is 0 Å². The normalized spacial score (nSPS) is 18.9. The Morgan fingerprint density at radius 3 is 2.55 bits per heavy atom. The van der Waals surface area contributed by atoms with Crippen LogP contribution < -0.4 is 5.56 Å². The van der Waals surface area contributed by atoms with Crippen LogP contribution in [0.4, 0.5) is 0 Å². The zero-order chi connectivity index (χ0) is 14.5. The van der Waals surface area contributed by atoms with E-state index in [1.807, 2.05) is 11.0 Å². The van der Waals surface area contributed by atoms with E-state index in [-0.39, 0.29) is 5.56 Å². The minimum atomic E-state index is -0.769. The quantitative estimate of drug-likeness (QED) is 0.818. The highest BCUT2D eigenvalue weighted by molar-refractivity contribution is 5.72. The van der Waals surface area contributed by atoms with Gasteiger partial charge in [0.05, 0.1) is 0 Å². The Morgan fingerprint density at radius 1 is 1.25 bits per heavy atom. The molecule has 6 nitrogen and oxygen atoms in total. The van der Waals surface area contributed by atoms with Crippen LogP contribution in [0.15, 0.2) is 29.2 Å². The Hall–Kier alpha value is -1.66. The highest BCUT2D eigenvalue weighted by Gasteiger charge is 2.24. The number of aliphatic carboxylic acids is 1. The molecule has 0 spiro atoms. The average Bonchev–Trinajstić information content (AvgIpc) is 2.46. The Balaban J connectivity index is 1.79. The van der Waals surface area contributed by atoms with Crippen LogP contribution in [0.1, 0.15) is 6.92 Å². The van der Waals surface area contributed by atoms with Gasteiger partial charge >= 0.3 is 5.97 Å². The minimum absolute atomic E-state index is 0.0191. The molecule has 0 aromatic carbocycles. The third-order valence-electron chi connectivity index (χ3n) is 3.87. The van der Waals surface area contributed by atoms with Gasteiger partial charge in [-0.25, -0.2) is 0 Å². The number of aromatic nitrogens is 1. The molecule has 110 valence electrons. The molecule has 0 radical (unpaired) electrons. The monoisotopic (exact) mass is 279 g/mol. The summed E-state index contributed by atoms with van der Waals surface area (Å²) in [5.41, 5.74) is 0.0191. The number of hydrogen-bond acceptors (Lipinski definition) is 4. The standard InChI is InChI=1S/C14H21N3O3/c1-12(14(19)20)16-9-6-15(7-10-16)8-11-17-5-3-2-4-13(17)18/h2-5,12H,6-11H2,1H3,(H,19,20). The molecule has 0 aliphatic carbocycles. The zero-order valence-corrected chi connectivity index (χ0v) is 11.7. The van der Waals surface area contributed by atoms with Gasteiger partial charge in [0.2, 0.25) is 0 Å². The lowest BCUT2D eigenvalue weighted by Gasteiger charge is -2.36. The molecule has 0 bridgehead atoms. The van der Waals surface area contributed by atoms with Crippen molar-refractivity contribution in [2.75, 3.05) is 32.7 Å². The maximum absolute atomic E-state index is 11.6. The molecule has 1 saturated heterocycles. The summed E-state index contributed by atoms with van der Waals surface area (Å²) >= 11 is 0. The molecule has 0 amide bonds. The van der Waals surface area contributed by atoms with E-state index >= 15 is 0 Å². The molecular weight excluding hydrogens is 258 g/mol. The van der Waals surface area contributed by atoms with E-state index in [1.54, 1.807) is 29.8 Å². The first kappa shape index (κ1) is 14.7. The molecule has 1 N–H and O–H groups in total. The molecule has 1 fully saturated rings. The van der Waals surface area contributed by atoms with E-state index < -0.39 is 12.0 Å². The second-order valence-corrected chi connectivity index (χ2v) is 5.12. The maximum atomic E-state index is 11.6. The van der Waals surface area contributed by atoms with E-state index in [0.717, 1.165) is 32.7 Å². The van der Waals surface area contributed by atoms with E-state index in [4.69, 9.17) is 5.11 Å². The van der Waals surface area contributed by atoms with Crippen molar-refractivity contribution >= 4 is 5.97 Å². The van der Waals surface area contributed by atoms with Crippen LogP contribution in [0, 0.1) is 0 Å². The first-order chi connectivity index (χ1) is 9.58. The summed E-state index contributed by atoms with van der Waals surface area (Å²) < 4.78 is 1.70. The minimum Gasteiger partial charge on any atom is -0.480 e. The molecule has 1 unspecified atom stereocenters. The lowest BCUT2D eigenvalue weighted by Crippen LogP contribution is -2.52. The summed E-state index contributed by atoms with van der Waals surface area (Å²) in [7, 11) is 0. The van der Waals surface area contributed by atoms with Crippen LogP contribution in [0.2, 0.25) is 0 Å². The van der Waals surface area contributed by atoms with Crippen LogP contribution in [0.3, 0.4) is 0 Å². The zero-order valence-electron chi connectivity index (χ0n) is 11.7. The van der Waals surface area contributed by atoms with Crippen LogP contribution in [-0.2, 0) is 11.3 Å². The predicted molar refractivity (Wildman–Crippen MR) is 75.8 cm³/mol. The number of pyridine rings is 1. The molecule has 1 aliphatic heterocycles. The Labute approximate surface area is 118 Å². The van der Waals surface area contributed by atoms with Gasteiger partial charge in [-0.05, 0) is 13.0 Å². The number of carboxylic acids is 1. The SMILES string of the molecule is CC(C(=O)O)N1CCN(CCn2ccccc2=O)CC1. The largest absolute Gasteiger partial charge is 0.480 e. The number of hydrogen-bond donors (Lipinski definition) is 1. The second-order valence-electron chi connectivity index (χ2n) is 5.12. The van der Waals surface area contributed by atoms with Gasteiger partial charge < -0.3 is 9.67 Å². The molecule has 6 heteroatoms. The number of piperazine rings is 1. The van der Waals surface area contributed by atoms with Crippen molar-refractivity contribution in [2.24, 2.45) is 0 Å². The summed E-state index contributed by atoms with van der Waals surface area (Å²) in [4.78, 5) is 26.8. The Kier molecular flexibility index (Phi) is 4.92. The van der Waals surface area contributed by atoms with E-state index in [2.05, 4.69) is 4.90 Å². The molecule has 1 atom stereocenters. The lowest BCUT2D eigenvalue weighted by atomic mass is 10.2. The Bertz CT molecular complexity index is 506. The molecule has 2 heterocycles. The van der Waals surface area contributed by atoms with Crippen molar-refractivity contribution in [1.29, 1.82) is 0 Å². The van der Waals surface area contributed by atoms with Crippen LogP contribution >= 0.6 is 0 Å². The molecule has 2 rings (SSSR count). The van der Waals surface area contributed by atoms with Crippen molar-refractivity contribution in [2.45, 2.75) is 19.5 Å². The maximum Gasteiger partial charge on any atom is 0.320 e. The van der Waals surface area contributed by atoms with E-state index in [9.17, 15) is 9.59 Å². The summed E-state index contributed by atoms with van der Waals surface area (Å²) in [5.74, 6) is -0.769. The second kappa shape index (κ2) is 6.67. The fraction of sp³-hybridized carbons (Fsp3) is 0.571. The molecule has 1 aromatic rings. The van der Waals surface area contributed by atoms with Crippen LogP contribution in [0.25, 0.3) is 0 Å². The molecular formula is C14H21N3O3. The number of rotatable bonds is 5. The van der Waals surface area contributed by atoms with Crippen molar-refractivity contribution in [3.63, 3.8) is 0 Å². The fourth-order valence-corrected chi connectivity index (χ4v) is 2.42. The molecule has 0 saturated carbocycles. The summed E-state index contributed by atoms with van der Waals surface area (Å²) in [6, 6.07) is 4.74. The number of carbonyl (C=O) groups is 1.